The van der Waals surface area contributed by atoms with E-state index in [0.717, 1.165) is 33.3 Å². The first-order valence-corrected chi connectivity index (χ1v) is 16.9. The number of benzene rings is 5. The SMILES string of the molecule is CCOC(=O)C=Cc1ccccc1.CCOC(=O)C=P(c1ccccc1)(c1ccccc1)c1ccccc1.O=Cc1ccccc1. The molecule has 0 amide bonds. The molecule has 0 N–H and O–H groups in total. The number of aldehydes is 1. The Morgan fingerprint density at radius 3 is 1.22 bits per heavy atom. The molecule has 6 heteroatoms. The van der Waals surface area contributed by atoms with Crippen LogP contribution >= 0.6 is 6.89 Å². The van der Waals surface area contributed by atoms with Crippen molar-refractivity contribution in [2.24, 2.45) is 0 Å². The zero-order chi connectivity index (χ0) is 32.9. The van der Waals surface area contributed by atoms with Crippen LogP contribution in [0.25, 0.3) is 6.08 Å². The van der Waals surface area contributed by atoms with Crippen LogP contribution in [0.2, 0.25) is 0 Å². The molecule has 0 fully saturated rings. The van der Waals surface area contributed by atoms with Gasteiger partial charge in [-0.15, -0.1) is 0 Å². The Balaban J connectivity index is 0.000000227. The van der Waals surface area contributed by atoms with E-state index in [2.05, 4.69) is 36.4 Å². The van der Waals surface area contributed by atoms with Crippen molar-refractivity contribution in [1.82, 2.24) is 0 Å². The Morgan fingerprint density at radius 1 is 0.522 bits per heavy atom. The van der Waals surface area contributed by atoms with Gasteiger partial charge in [0, 0.05) is 17.4 Å². The minimum Gasteiger partial charge on any atom is -0.463 e. The monoisotopic (exact) mass is 630 g/mol. The highest BCUT2D eigenvalue weighted by atomic mass is 31.2. The van der Waals surface area contributed by atoms with Crippen LogP contribution in [0.3, 0.4) is 0 Å². The van der Waals surface area contributed by atoms with E-state index in [-0.39, 0.29) is 11.9 Å². The number of carbonyl (C=O) groups excluding carboxylic acids is 3. The molecular weight excluding hydrogens is 591 g/mol. The lowest BCUT2D eigenvalue weighted by Crippen LogP contribution is -2.29. The predicted molar refractivity (Wildman–Crippen MR) is 192 cm³/mol. The maximum absolute atomic E-state index is 12.5. The fourth-order valence-corrected chi connectivity index (χ4v) is 8.11. The van der Waals surface area contributed by atoms with Crippen LogP contribution in [-0.4, -0.2) is 37.2 Å². The third-order valence-electron chi connectivity index (χ3n) is 6.51. The molecular formula is C40H39O5P. The molecule has 0 radical (unpaired) electrons. The van der Waals surface area contributed by atoms with Gasteiger partial charge in [0.1, 0.15) is 6.29 Å². The first kappa shape index (κ1) is 35.2. The summed E-state index contributed by atoms with van der Waals surface area (Å²) >= 11 is 0. The van der Waals surface area contributed by atoms with E-state index < -0.39 is 6.89 Å². The Kier molecular flexibility index (Phi) is 15.3. The minimum atomic E-state index is -2.24. The second-order valence-electron chi connectivity index (χ2n) is 9.64. The number of carbonyl (C=O) groups is 3. The Bertz CT molecular complexity index is 1580. The van der Waals surface area contributed by atoms with Crippen LogP contribution in [0.1, 0.15) is 29.8 Å². The maximum atomic E-state index is 12.5. The molecule has 0 aliphatic heterocycles. The third-order valence-corrected chi connectivity index (χ3v) is 10.4. The fraction of sp³-hybridized carbons (Fsp3) is 0.100. The molecule has 0 saturated heterocycles. The van der Waals surface area contributed by atoms with Crippen molar-refractivity contribution in [2.45, 2.75) is 13.8 Å². The number of hydrogen-bond donors (Lipinski definition) is 0. The number of rotatable bonds is 9. The summed E-state index contributed by atoms with van der Waals surface area (Å²) in [6, 6.07) is 49.5. The number of hydrogen-bond acceptors (Lipinski definition) is 5. The van der Waals surface area contributed by atoms with Gasteiger partial charge in [-0.05, 0) is 48.3 Å². The molecule has 0 aliphatic rings. The molecule has 0 aromatic heterocycles. The molecule has 0 atom stereocenters. The van der Waals surface area contributed by atoms with Crippen molar-refractivity contribution in [1.29, 1.82) is 0 Å². The van der Waals surface area contributed by atoms with Crippen molar-refractivity contribution in [3.63, 3.8) is 0 Å². The lowest BCUT2D eigenvalue weighted by atomic mass is 10.2. The molecule has 5 rings (SSSR count). The number of esters is 2. The molecule has 0 unspecified atom stereocenters. The summed E-state index contributed by atoms with van der Waals surface area (Å²) in [5, 5.41) is 3.42. The van der Waals surface area contributed by atoms with Crippen LogP contribution < -0.4 is 15.9 Å². The van der Waals surface area contributed by atoms with Gasteiger partial charge >= 0.3 is 11.9 Å². The molecule has 0 heterocycles. The summed E-state index contributed by atoms with van der Waals surface area (Å²) in [5.74, 6) is 1.23. The molecule has 0 aliphatic carbocycles. The van der Waals surface area contributed by atoms with Gasteiger partial charge in [-0.1, -0.05) is 152 Å². The van der Waals surface area contributed by atoms with Crippen molar-refractivity contribution in [2.75, 3.05) is 13.2 Å². The van der Waals surface area contributed by atoms with Crippen LogP contribution in [0.5, 0.6) is 0 Å². The van der Waals surface area contributed by atoms with Crippen LogP contribution in [-0.2, 0) is 19.1 Å². The molecule has 234 valence electrons. The fourth-order valence-electron chi connectivity index (χ4n) is 4.45. The molecule has 0 bridgehead atoms. The topological polar surface area (TPSA) is 69.7 Å². The molecule has 5 nitrogen and oxygen atoms in total. The molecule has 46 heavy (non-hydrogen) atoms. The first-order valence-electron chi connectivity index (χ1n) is 15.0. The average Bonchev–Trinajstić information content (AvgIpc) is 3.12. The predicted octanol–water partition coefficient (Wildman–Crippen LogP) is 7.11. The largest absolute Gasteiger partial charge is 0.463 e. The molecule has 0 spiro atoms. The second kappa shape index (κ2) is 19.9. The van der Waals surface area contributed by atoms with Crippen molar-refractivity contribution in [3.05, 3.63) is 169 Å². The van der Waals surface area contributed by atoms with E-state index >= 15 is 0 Å². The van der Waals surface area contributed by atoms with Gasteiger partial charge in [-0.25, -0.2) is 9.59 Å². The lowest BCUT2D eigenvalue weighted by Gasteiger charge is -2.28. The quantitative estimate of drug-likeness (QED) is 0.0752. The van der Waals surface area contributed by atoms with Crippen molar-refractivity contribution >= 4 is 52.9 Å². The molecule has 5 aromatic rings. The maximum Gasteiger partial charge on any atom is 0.331 e. The van der Waals surface area contributed by atoms with E-state index in [0.29, 0.717) is 13.2 Å². The van der Waals surface area contributed by atoms with Gasteiger partial charge in [-0.2, -0.15) is 0 Å². The van der Waals surface area contributed by atoms with Gasteiger partial charge in [0.25, 0.3) is 0 Å². The summed E-state index contributed by atoms with van der Waals surface area (Å²) < 4.78 is 10.0. The molecule has 0 saturated carbocycles. The van der Waals surface area contributed by atoms with E-state index in [1.54, 1.807) is 30.9 Å². The first-order chi connectivity index (χ1) is 22.5. The summed E-state index contributed by atoms with van der Waals surface area (Å²) in [7, 11) is 0. The van der Waals surface area contributed by atoms with Crippen LogP contribution in [0.15, 0.2) is 158 Å². The van der Waals surface area contributed by atoms with Gasteiger partial charge < -0.3 is 9.47 Å². The third kappa shape index (κ3) is 11.0. The van der Waals surface area contributed by atoms with Crippen molar-refractivity contribution in [3.8, 4) is 0 Å². The Labute approximate surface area is 272 Å². The van der Waals surface area contributed by atoms with Gasteiger partial charge in [0.05, 0.1) is 13.2 Å². The lowest BCUT2D eigenvalue weighted by molar-refractivity contribution is -0.137. The highest BCUT2D eigenvalue weighted by Gasteiger charge is 2.26. The summed E-state index contributed by atoms with van der Waals surface area (Å²) in [5.41, 5.74) is 1.73. The highest BCUT2D eigenvalue weighted by Crippen LogP contribution is 2.43. The van der Waals surface area contributed by atoms with E-state index in [1.165, 1.54) is 6.08 Å². The number of ether oxygens (including phenoxy) is 2. The minimum absolute atomic E-state index is 0.271. The zero-order valence-corrected chi connectivity index (χ0v) is 27.0. The normalized spacial score (nSPS) is 10.3. The van der Waals surface area contributed by atoms with Gasteiger partial charge in [0.2, 0.25) is 0 Å². The average molecular weight is 631 g/mol. The Morgan fingerprint density at radius 2 is 0.870 bits per heavy atom. The summed E-state index contributed by atoms with van der Waals surface area (Å²) in [4.78, 5) is 33.4. The summed E-state index contributed by atoms with van der Waals surface area (Å²) in [6.07, 6.45) is 4.00. The van der Waals surface area contributed by atoms with Crippen molar-refractivity contribution < 1.29 is 23.9 Å². The van der Waals surface area contributed by atoms with Crippen LogP contribution in [0, 0.1) is 0 Å². The molecule has 5 aromatic carbocycles. The van der Waals surface area contributed by atoms with Gasteiger partial charge in [-0.3, -0.25) is 4.79 Å². The van der Waals surface area contributed by atoms with E-state index in [1.807, 2.05) is 110 Å². The smallest absolute Gasteiger partial charge is 0.331 e. The second-order valence-corrected chi connectivity index (χ2v) is 12.9. The summed E-state index contributed by atoms with van der Waals surface area (Å²) in [6.45, 7) is 2.16. The standard InChI is InChI=1S/C22H21O2P.C11H12O2.C7H6O/c1-2-24-22(23)18-25(19-12-6-3-7-13-19,20-14-8-4-9-15-20)21-16-10-5-11-17-21;1-2-13-11(12)9-8-10-6-4-3-5-7-10;8-6-7-4-2-1-3-5-7/h3-18H,2H2,1H3;3-9H,2H2,1H3;1-6H. The Hall–Kier alpha value is -5.25. The van der Waals surface area contributed by atoms with E-state index in [9.17, 15) is 14.4 Å². The zero-order valence-electron chi connectivity index (χ0n) is 26.1. The van der Waals surface area contributed by atoms with Gasteiger partial charge in [0.15, 0.2) is 0 Å². The van der Waals surface area contributed by atoms with E-state index in [4.69, 9.17) is 9.47 Å². The highest BCUT2D eigenvalue weighted by molar-refractivity contribution is 7.95. The van der Waals surface area contributed by atoms with Crippen LogP contribution in [0.4, 0.5) is 0 Å².